The van der Waals surface area contributed by atoms with Crippen LogP contribution in [0.25, 0.3) is 98.4 Å². The Labute approximate surface area is 291 Å². The zero-order valence-corrected chi connectivity index (χ0v) is 27.5. The van der Waals surface area contributed by atoms with Gasteiger partial charge in [0.2, 0.25) is 0 Å². The van der Waals surface area contributed by atoms with Crippen molar-refractivity contribution in [3.8, 4) is 44.5 Å². The van der Waals surface area contributed by atoms with Gasteiger partial charge in [0, 0.05) is 0 Å². The Kier molecular flexibility index (Phi) is 6.60. The lowest BCUT2D eigenvalue weighted by Gasteiger charge is -2.18. The second kappa shape index (κ2) is 11.6. The zero-order chi connectivity index (χ0) is 33.0. The van der Waals surface area contributed by atoms with E-state index in [2.05, 4.69) is 194 Å². The monoisotopic (exact) mass is 632 g/mol. The summed E-state index contributed by atoms with van der Waals surface area (Å²) in [5.41, 5.74) is 9.88. The van der Waals surface area contributed by atoms with Crippen molar-refractivity contribution < 1.29 is 0 Å². The number of rotatable bonds is 4. The summed E-state index contributed by atoms with van der Waals surface area (Å²) in [5.74, 6) is 0. The Morgan fingerprint density at radius 2 is 0.720 bits per heavy atom. The summed E-state index contributed by atoms with van der Waals surface area (Å²) >= 11 is 0. The van der Waals surface area contributed by atoms with E-state index >= 15 is 0 Å². The summed E-state index contributed by atoms with van der Waals surface area (Å²) in [6.45, 7) is 0. The molecule has 10 rings (SSSR count). The molecule has 0 atom stereocenters. The first-order valence-corrected chi connectivity index (χ1v) is 17.3. The maximum Gasteiger partial charge on any atom is -0.00928 e. The molecule has 0 aliphatic heterocycles. The smallest absolute Gasteiger partial charge is 0.00928 e. The third-order valence-corrected chi connectivity index (χ3v) is 10.4. The van der Waals surface area contributed by atoms with Gasteiger partial charge in [0.25, 0.3) is 0 Å². The van der Waals surface area contributed by atoms with Crippen LogP contribution in [0.4, 0.5) is 0 Å². The van der Waals surface area contributed by atoms with Crippen LogP contribution in [-0.4, -0.2) is 0 Å². The lowest BCUT2D eigenvalue weighted by Crippen LogP contribution is -1.91. The van der Waals surface area contributed by atoms with Crippen molar-refractivity contribution in [2.45, 2.75) is 0 Å². The number of fused-ring (bicyclic) bond motifs is 6. The molecule has 0 fully saturated rings. The molecule has 0 N–H and O–H groups in total. The van der Waals surface area contributed by atoms with Crippen molar-refractivity contribution in [1.29, 1.82) is 0 Å². The van der Waals surface area contributed by atoms with Crippen LogP contribution < -0.4 is 0 Å². The van der Waals surface area contributed by atoms with Crippen molar-refractivity contribution in [3.63, 3.8) is 0 Å². The highest BCUT2D eigenvalue weighted by Gasteiger charge is 2.17. The molecule has 232 valence electrons. The molecule has 0 amide bonds. The van der Waals surface area contributed by atoms with Crippen LogP contribution in [0.1, 0.15) is 0 Å². The Balaban J connectivity index is 1.30. The van der Waals surface area contributed by atoms with Crippen LogP contribution in [0, 0.1) is 0 Å². The lowest BCUT2D eigenvalue weighted by atomic mass is 9.85. The second-order valence-electron chi connectivity index (χ2n) is 13.3. The Bertz CT molecular complexity index is 2910. The van der Waals surface area contributed by atoms with Crippen molar-refractivity contribution in [2.75, 3.05) is 0 Å². The minimum atomic E-state index is 1.22. The molecule has 10 aromatic carbocycles. The van der Waals surface area contributed by atoms with Crippen molar-refractivity contribution in [1.82, 2.24) is 0 Å². The Morgan fingerprint density at radius 3 is 1.56 bits per heavy atom. The summed E-state index contributed by atoms with van der Waals surface area (Å²) in [6.07, 6.45) is 0. The van der Waals surface area contributed by atoms with Gasteiger partial charge in [-0.2, -0.15) is 0 Å². The highest BCUT2D eigenvalue weighted by Crippen LogP contribution is 2.44. The van der Waals surface area contributed by atoms with Gasteiger partial charge in [-0.15, -0.1) is 0 Å². The van der Waals surface area contributed by atoms with Gasteiger partial charge in [0.1, 0.15) is 0 Å². The molecular weight excluding hydrogens is 601 g/mol. The summed E-state index contributed by atoms with van der Waals surface area (Å²) < 4.78 is 0. The average Bonchev–Trinajstić information content (AvgIpc) is 3.19. The molecular formula is C50H32. The topological polar surface area (TPSA) is 0 Å². The zero-order valence-electron chi connectivity index (χ0n) is 27.5. The van der Waals surface area contributed by atoms with E-state index < -0.39 is 0 Å². The Hall–Kier alpha value is -6.50. The molecule has 0 saturated carbocycles. The van der Waals surface area contributed by atoms with E-state index in [-0.39, 0.29) is 0 Å². The number of hydrogen-bond acceptors (Lipinski definition) is 0. The predicted molar refractivity (Wildman–Crippen MR) is 216 cm³/mol. The van der Waals surface area contributed by atoms with E-state index in [9.17, 15) is 0 Å². The van der Waals surface area contributed by atoms with Crippen LogP contribution >= 0.6 is 0 Å². The van der Waals surface area contributed by atoms with Gasteiger partial charge >= 0.3 is 0 Å². The molecule has 0 nitrogen and oxygen atoms in total. The van der Waals surface area contributed by atoms with Crippen molar-refractivity contribution in [3.05, 3.63) is 194 Å². The lowest BCUT2D eigenvalue weighted by molar-refractivity contribution is 1.63. The maximum atomic E-state index is 2.42. The molecule has 0 radical (unpaired) electrons. The first-order valence-electron chi connectivity index (χ1n) is 17.3. The van der Waals surface area contributed by atoms with Crippen LogP contribution in [0.3, 0.4) is 0 Å². The largest absolute Gasteiger partial charge is 0.0622 e. The summed E-state index contributed by atoms with van der Waals surface area (Å²) in [6, 6.07) is 71.5. The van der Waals surface area contributed by atoms with Crippen LogP contribution in [0.5, 0.6) is 0 Å². The molecule has 0 heterocycles. The minimum Gasteiger partial charge on any atom is -0.0622 e. The van der Waals surface area contributed by atoms with Crippen LogP contribution in [0.2, 0.25) is 0 Å². The van der Waals surface area contributed by atoms with E-state index in [0.717, 1.165) is 0 Å². The molecule has 0 bridgehead atoms. The third-order valence-electron chi connectivity index (χ3n) is 10.4. The SMILES string of the molecule is c1ccc(-c2cc(-c3ccc(-c4cccc5ccccc45)c4ccc(-c5ccc6ccccc6c5)cc34)c3ccc4ccccc4c3c2)cc1. The average molecular weight is 633 g/mol. The molecule has 0 aliphatic carbocycles. The highest BCUT2D eigenvalue weighted by molar-refractivity contribution is 6.18. The minimum absolute atomic E-state index is 1.22. The number of benzene rings is 10. The summed E-state index contributed by atoms with van der Waals surface area (Å²) in [5, 5.41) is 12.6. The fraction of sp³-hybridized carbons (Fsp3) is 0. The van der Waals surface area contributed by atoms with E-state index in [1.54, 1.807) is 0 Å². The third kappa shape index (κ3) is 4.69. The molecule has 0 aromatic heterocycles. The molecule has 10 aromatic rings. The van der Waals surface area contributed by atoms with E-state index in [4.69, 9.17) is 0 Å². The van der Waals surface area contributed by atoms with Crippen LogP contribution in [0.15, 0.2) is 194 Å². The highest BCUT2D eigenvalue weighted by atomic mass is 14.2. The van der Waals surface area contributed by atoms with Crippen molar-refractivity contribution >= 4 is 53.9 Å². The van der Waals surface area contributed by atoms with Gasteiger partial charge in [-0.3, -0.25) is 0 Å². The standard InChI is InChI=1S/C50H32/c1-2-11-33(12-3-1)40-31-48-42-19-9-7-15-36(42)23-25-46(48)50(32-40)47-28-27-44(43-20-10-17-35-14-6-8-18-41(35)43)45-26-24-39(30-49(45)47)38-22-21-34-13-4-5-16-37(34)29-38/h1-32H. The molecule has 0 unspecified atom stereocenters. The Morgan fingerprint density at radius 1 is 0.180 bits per heavy atom. The second-order valence-corrected chi connectivity index (χ2v) is 13.3. The van der Waals surface area contributed by atoms with Crippen LogP contribution in [-0.2, 0) is 0 Å². The molecule has 0 heteroatoms. The van der Waals surface area contributed by atoms with Gasteiger partial charge < -0.3 is 0 Å². The van der Waals surface area contributed by atoms with Gasteiger partial charge in [0.15, 0.2) is 0 Å². The summed E-state index contributed by atoms with van der Waals surface area (Å²) in [7, 11) is 0. The first-order chi connectivity index (χ1) is 24.8. The quantitative estimate of drug-likeness (QED) is 0.169. The van der Waals surface area contributed by atoms with Crippen molar-refractivity contribution in [2.24, 2.45) is 0 Å². The normalized spacial score (nSPS) is 11.6. The van der Waals surface area contributed by atoms with Gasteiger partial charge in [-0.05, 0) is 123 Å². The molecule has 0 aliphatic rings. The maximum absolute atomic E-state index is 2.42. The summed E-state index contributed by atoms with van der Waals surface area (Å²) in [4.78, 5) is 0. The van der Waals surface area contributed by atoms with E-state index in [0.29, 0.717) is 0 Å². The predicted octanol–water partition coefficient (Wildman–Crippen LogP) is 14.1. The van der Waals surface area contributed by atoms with E-state index in [1.807, 2.05) is 0 Å². The molecule has 0 saturated heterocycles. The fourth-order valence-corrected chi connectivity index (χ4v) is 7.96. The van der Waals surface area contributed by atoms with Gasteiger partial charge in [-0.1, -0.05) is 170 Å². The van der Waals surface area contributed by atoms with Gasteiger partial charge in [-0.25, -0.2) is 0 Å². The number of hydrogen-bond donors (Lipinski definition) is 0. The first kappa shape index (κ1) is 28.5. The van der Waals surface area contributed by atoms with E-state index in [1.165, 1.54) is 98.4 Å². The molecule has 0 spiro atoms. The fourth-order valence-electron chi connectivity index (χ4n) is 7.96. The van der Waals surface area contributed by atoms with Gasteiger partial charge in [0.05, 0.1) is 0 Å². The molecule has 50 heavy (non-hydrogen) atoms.